The zero-order valence-corrected chi connectivity index (χ0v) is 72.4. The number of hydrogen-bond donors (Lipinski definition) is 15. The van der Waals surface area contributed by atoms with Gasteiger partial charge in [0.15, 0.2) is 98.0 Å². The molecule has 0 saturated carbocycles. The van der Waals surface area contributed by atoms with E-state index in [1.807, 2.05) is 45.3 Å². The van der Waals surface area contributed by atoms with Crippen LogP contribution in [0.25, 0.3) is 44.7 Å². The number of nitrogens with zero attached hydrogens (tertiary/aromatic N) is 16. The molecule has 4 fully saturated rings. The van der Waals surface area contributed by atoms with Crippen molar-refractivity contribution in [2.24, 2.45) is 0 Å². The normalized spacial score (nSPS) is 25.6. The van der Waals surface area contributed by atoms with Crippen LogP contribution >= 0.6 is 39.3 Å². The molecule has 36 nitrogen and oxygen atoms in total. The summed E-state index contributed by atoms with van der Waals surface area (Å²) in [6.45, 7) is 20.7. The smallest absolute Gasteiger partial charge is 0.320 e. The molecule has 8 aromatic rings. The number of imidazole rings is 4. The second kappa shape index (κ2) is 40.0. The topological polar surface area (TPSA) is 505 Å². The molecule has 12 heterocycles. The first-order chi connectivity index (χ1) is 54.2. The number of thioether (sulfide) groups is 1. The van der Waals surface area contributed by atoms with Crippen LogP contribution in [0.2, 0.25) is 0 Å². The summed E-state index contributed by atoms with van der Waals surface area (Å²) in [5.41, 5.74) is 12.3. The number of nitrogens with two attached hydrogens (primary N) is 1. The minimum absolute atomic E-state index is 0.000773. The molecule has 16 N–H and O–H groups in total. The molecule has 4 saturated heterocycles. The fourth-order valence-corrected chi connectivity index (χ4v) is 17.1. The van der Waals surface area contributed by atoms with E-state index in [9.17, 15) is 40.9 Å². The van der Waals surface area contributed by atoms with Gasteiger partial charge in [-0.25, -0.2) is 49.8 Å². The largest absolute Gasteiger partial charge is 0.467 e. The maximum atomic E-state index is 10.7. The minimum atomic E-state index is -1.28. The predicted molar refractivity (Wildman–Crippen MR) is 462 cm³/mol. The van der Waals surface area contributed by atoms with E-state index in [2.05, 4.69) is 154 Å². The predicted octanol–water partition coefficient (Wildman–Crippen LogP) is 3.85. The van der Waals surface area contributed by atoms with Crippen LogP contribution in [-0.4, -0.2) is 363 Å². The fourth-order valence-electron chi connectivity index (χ4n) is 12.9. The zero-order valence-electron chi connectivity index (χ0n) is 68.0. The fraction of sp³-hybridized carbons (Fsp3) is 0.595. The Labute approximate surface area is 674 Å². The molecule has 0 aromatic carbocycles. The summed E-state index contributed by atoms with van der Waals surface area (Å²) in [4.78, 5) is 52.0. The number of aryl methyl sites for hydroxylation is 1. The first-order valence-electron chi connectivity index (χ1n) is 37.7. The Hall–Kier alpha value is -6.63. The highest BCUT2D eigenvalue weighted by molar-refractivity contribution is 7.98. The molecule has 0 radical (unpaired) electrons. The van der Waals surface area contributed by atoms with Crippen LogP contribution in [0, 0.1) is 6.92 Å². The molecule has 16 atom stereocenters. The number of anilines is 4. The van der Waals surface area contributed by atoms with Crippen LogP contribution in [0.15, 0.2) is 71.7 Å². The molecular weight excluding hydrogens is 1580 g/mol. The highest BCUT2D eigenvalue weighted by atomic mass is 32.2. The molecule has 8 aromatic heterocycles. The van der Waals surface area contributed by atoms with Gasteiger partial charge in [0.1, 0.15) is 67.3 Å². The number of methoxy groups -OCH3 is 1. The summed E-state index contributed by atoms with van der Waals surface area (Å²) < 4.78 is 35.8. The summed E-state index contributed by atoms with van der Waals surface area (Å²) >= 11 is 1.39. The maximum absolute atomic E-state index is 10.7. The SMILES string of the molecule is C=P(C)(C)CC[C@H]1O[C@@H](n2c(C)nc3c(N)ncnc32)[C@H](O)[C@@H]1O.C=P(C)(C)CC[C@H]1O[C@@H](n2cnc3c(NC/C=C(/C)CO)nc(OC)nc32)[C@H](O)[C@@H]1O.C=P(C)(C)CC[C@H]1O[C@@H](n2cnc3c(NC/C=C(/C)CO)nc(SC)nc32)[C@H](O)[C@@H]1O.C=P(C)(C)CC[C@H]1O[C@@H](n2cnc3c(NC/C=C(/C)CO)ncnc32)[C@H](O)[C@@H]1O. The van der Waals surface area contributed by atoms with Gasteiger partial charge >= 0.3 is 6.01 Å². The Morgan fingerprint density at radius 2 is 0.809 bits per heavy atom. The number of hydrogen-bond acceptors (Lipinski definition) is 33. The molecule has 0 aliphatic carbocycles. The Bertz CT molecular complexity index is 4750. The number of nitrogens with one attached hydrogen (secondary N) is 3. The van der Waals surface area contributed by atoms with Crippen LogP contribution in [0.5, 0.6) is 6.01 Å². The Morgan fingerprint density at radius 3 is 1.20 bits per heavy atom. The Balaban J connectivity index is 0.000000176. The lowest BCUT2D eigenvalue weighted by atomic mass is 10.1. The average Bonchev–Trinajstić information content (AvgIpc) is 1.62. The highest BCUT2D eigenvalue weighted by Crippen LogP contribution is 2.45. The van der Waals surface area contributed by atoms with Gasteiger partial charge in [0.2, 0.25) is 0 Å². The summed E-state index contributed by atoms with van der Waals surface area (Å²) in [6, 6.07) is 0.132. The number of nitrogen functional groups attached to an aromatic ring is 1. The number of fused-ring (bicyclic) bond motifs is 4. The van der Waals surface area contributed by atoms with Crippen molar-refractivity contribution in [1.82, 2.24) is 78.1 Å². The molecule has 12 rings (SSSR count). The Kier molecular flexibility index (Phi) is 32.1. The maximum Gasteiger partial charge on any atom is 0.320 e. The van der Waals surface area contributed by atoms with Gasteiger partial charge in [-0.05, 0) is 138 Å². The van der Waals surface area contributed by atoms with Crippen LogP contribution in [0.1, 0.15) is 77.2 Å². The summed E-state index contributed by atoms with van der Waals surface area (Å²) in [5, 5.41) is 122. The first kappa shape index (κ1) is 92.3. The molecular formula is C74H118N20O16P4S. The van der Waals surface area contributed by atoms with Crippen molar-refractivity contribution in [3.8, 4) is 6.01 Å². The third-order valence-corrected chi connectivity index (χ3v) is 26.0. The second-order valence-electron chi connectivity index (χ2n) is 32.0. The number of ether oxygens (including phenoxy) is 5. The van der Waals surface area contributed by atoms with Crippen LogP contribution in [-0.2, 0) is 18.9 Å². The van der Waals surface area contributed by atoms with Gasteiger partial charge in [0.25, 0.3) is 0 Å². The molecule has 0 spiro atoms. The van der Waals surface area contributed by atoms with Crippen LogP contribution < -0.4 is 26.4 Å². The van der Waals surface area contributed by atoms with Gasteiger partial charge in [-0.15, -0.1) is 52.7 Å². The lowest BCUT2D eigenvalue weighted by molar-refractivity contribution is -0.0363. The van der Waals surface area contributed by atoms with E-state index in [0.717, 1.165) is 41.4 Å². The van der Waals surface area contributed by atoms with Crippen LogP contribution in [0.4, 0.5) is 23.3 Å². The lowest BCUT2D eigenvalue weighted by Crippen LogP contribution is -2.32. The number of aromatic nitrogens is 16. The average molecular weight is 1700 g/mol. The number of aliphatic hydroxyl groups is 11. The summed E-state index contributed by atoms with van der Waals surface area (Å²) in [5.74, 6) is 2.43. The van der Waals surface area contributed by atoms with Crippen molar-refractivity contribution in [1.29, 1.82) is 0 Å². The van der Waals surface area contributed by atoms with E-state index in [1.54, 1.807) is 37.8 Å². The van der Waals surface area contributed by atoms with Gasteiger partial charge in [0, 0.05) is 19.6 Å². The summed E-state index contributed by atoms with van der Waals surface area (Å²) in [7, 11) is 1.46. The monoisotopic (exact) mass is 1700 g/mol. The molecule has 636 valence electrons. The van der Waals surface area contributed by atoms with E-state index < -0.39 is 126 Å². The van der Waals surface area contributed by atoms with E-state index in [4.69, 9.17) is 44.7 Å². The highest BCUT2D eigenvalue weighted by Gasteiger charge is 2.48. The molecule has 0 unspecified atom stereocenters. The van der Waals surface area contributed by atoms with Gasteiger partial charge in [-0.2, -0.15) is 9.97 Å². The molecule has 115 heavy (non-hydrogen) atoms. The van der Waals surface area contributed by atoms with Crippen molar-refractivity contribution in [2.75, 3.05) is 152 Å². The third kappa shape index (κ3) is 23.7. The summed E-state index contributed by atoms with van der Waals surface area (Å²) in [6.07, 6.45) is 24.3. The molecule has 4 aliphatic heterocycles. The van der Waals surface area contributed by atoms with Gasteiger partial charge in [-0.3, -0.25) is 18.3 Å². The van der Waals surface area contributed by atoms with E-state index in [0.29, 0.717) is 118 Å². The van der Waals surface area contributed by atoms with Gasteiger partial charge in [-0.1, -0.05) is 46.7 Å². The van der Waals surface area contributed by atoms with Crippen LogP contribution in [0.3, 0.4) is 0 Å². The first-order valence-corrected chi connectivity index (χ1v) is 51.1. The molecule has 0 bridgehead atoms. The van der Waals surface area contributed by atoms with E-state index in [-0.39, 0.29) is 31.6 Å². The lowest BCUT2D eigenvalue weighted by Gasteiger charge is -2.19. The molecule has 0 amide bonds. The quantitative estimate of drug-likeness (QED) is 0.0132. The number of rotatable bonds is 30. The molecule has 4 aliphatic rings. The van der Waals surface area contributed by atoms with Crippen molar-refractivity contribution in [3.05, 3.63) is 72.4 Å². The van der Waals surface area contributed by atoms with Crippen molar-refractivity contribution in [2.45, 2.75) is 157 Å². The van der Waals surface area contributed by atoms with Crippen molar-refractivity contribution >= 4 is 132 Å². The standard InChI is InChI=1S/C20H32N5O5P.C20H32N5O4PS.C19H30N5O4P.C15H24N5O3P/c1-12(10-26)6-8-21-17-14-18(24-20(23-17)29-2)25(11-22-14)19-16(28)15(27)13(30-19)7-9-31(3,4)5;1-12(10-26)6-8-21-17-14-18(24-20(23-17)31-5)25(11-22-14)19-16(28)15(27)13(29-19)7-9-30(2,3)4;1-12(9-25)5-7-20-17-14-18(22-10-21-17)24(11-23-14)19-16(27)15(26)13(28-19)6-8-29(2,3)4;1-8-19-10-13(16)17-7-18-14(10)20(8)15-12(22)11(21)9(23-15)5-6-24(2,3)4/h6,11,13,15-16,19,26-28H,3,7-10H2,1-2,4-5H3,(H,21,23,24);6,11,13,15-16,19,26-28H,2,7-10H2,1,3-5H3,(H,21,23,24);5,10-11,13,15-16,19,25-27H,2,6-9H2,1,3-4H3,(H,20,21,22);7,9,11-12,15,21-22H,2,5-6H2,1,3-4H3,(H2,16,17,18)/b2*12-6-;12-5-;/t3*13-,15-,16-,19-;9-,11-,12-,15-/m1111/s1. The van der Waals surface area contributed by atoms with Gasteiger partial charge < -0.3 is 102 Å². The van der Waals surface area contributed by atoms with E-state index in [1.165, 1.54) is 37.9 Å². The minimum Gasteiger partial charge on any atom is -0.467 e. The Morgan fingerprint density at radius 1 is 0.461 bits per heavy atom. The van der Waals surface area contributed by atoms with E-state index >= 15 is 0 Å². The van der Waals surface area contributed by atoms with Crippen molar-refractivity contribution in [3.63, 3.8) is 0 Å². The zero-order chi connectivity index (χ0) is 84.3. The van der Waals surface area contributed by atoms with Crippen molar-refractivity contribution < 1.29 is 79.9 Å². The number of aliphatic hydroxyl groups excluding tert-OH is 11. The second-order valence-corrected chi connectivity index (χ2v) is 50.1. The molecule has 41 heteroatoms. The third-order valence-electron chi connectivity index (χ3n) is 19.6. The van der Waals surface area contributed by atoms with Gasteiger partial charge in [0.05, 0.1) is 70.3 Å².